The molecule has 0 spiro atoms. The van der Waals surface area contributed by atoms with Crippen LogP contribution in [-0.2, 0) is 20.0 Å². The van der Waals surface area contributed by atoms with Crippen molar-refractivity contribution in [3.63, 3.8) is 0 Å². The molecule has 0 radical (unpaired) electrons. The first kappa shape index (κ1) is 16.4. The average molecular weight is 328 g/mol. The molecule has 1 aliphatic heterocycles. The Bertz CT molecular complexity index is 780. The number of hydrogen-bond donors (Lipinski definition) is 1. The zero-order valence-corrected chi connectivity index (χ0v) is 14.9. The van der Waals surface area contributed by atoms with Gasteiger partial charge in [0.15, 0.2) is 0 Å². The maximum atomic E-state index is 12.2. The van der Waals surface area contributed by atoms with E-state index in [9.17, 15) is 4.79 Å². The van der Waals surface area contributed by atoms with Gasteiger partial charge in [0.25, 0.3) is 5.91 Å². The fourth-order valence-electron chi connectivity index (χ4n) is 3.00. The average Bonchev–Trinajstić information content (AvgIpc) is 2.84. The number of anilines is 1. The monoisotopic (exact) mass is 328 g/mol. The molecule has 2 aromatic rings. The molecule has 0 aromatic carbocycles. The maximum absolute atomic E-state index is 12.2. The smallest absolute Gasteiger partial charge is 0.270 e. The van der Waals surface area contributed by atoms with Gasteiger partial charge in [-0.15, -0.1) is 0 Å². The lowest BCUT2D eigenvalue weighted by Gasteiger charge is -2.26. The van der Waals surface area contributed by atoms with E-state index in [-0.39, 0.29) is 11.8 Å². The zero-order chi connectivity index (χ0) is 17.4. The predicted molar refractivity (Wildman–Crippen MR) is 92.2 cm³/mol. The van der Waals surface area contributed by atoms with Gasteiger partial charge in [-0.2, -0.15) is 5.10 Å². The van der Waals surface area contributed by atoms with E-state index in [4.69, 9.17) is 4.98 Å². The lowest BCUT2D eigenvalue weighted by Crippen LogP contribution is -2.35. The zero-order valence-electron chi connectivity index (χ0n) is 14.9. The Labute approximate surface area is 142 Å². The van der Waals surface area contributed by atoms with Crippen LogP contribution in [0.1, 0.15) is 52.9 Å². The third-order valence-corrected chi connectivity index (χ3v) is 4.28. The van der Waals surface area contributed by atoms with Crippen LogP contribution < -0.4 is 10.2 Å². The number of carbonyl (C=O) groups is 1. The minimum Gasteiger partial charge on any atom is -0.355 e. The van der Waals surface area contributed by atoms with Crippen LogP contribution in [0, 0.1) is 6.92 Å². The van der Waals surface area contributed by atoms with Gasteiger partial charge in [0.1, 0.15) is 17.3 Å². The summed E-state index contributed by atoms with van der Waals surface area (Å²) in [6, 6.07) is 0. The number of aromatic nitrogens is 4. The number of aryl methyl sites for hydroxylation is 2. The Balaban J connectivity index is 2.02. The number of rotatable bonds is 4. The molecule has 7 heteroatoms. The van der Waals surface area contributed by atoms with Gasteiger partial charge in [-0.1, -0.05) is 13.8 Å². The summed E-state index contributed by atoms with van der Waals surface area (Å²) in [5, 5.41) is 7.27. The van der Waals surface area contributed by atoms with Gasteiger partial charge >= 0.3 is 0 Å². The molecule has 0 saturated heterocycles. The topological polar surface area (TPSA) is 75.9 Å². The molecule has 2 aromatic heterocycles. The van der Waals surface area contributed by atoms with Crippen molar-refractivity contribution in [2.45, 2.75) is 39.7 Å². The van der Waals surface area contributed by atoms with Crippen molar-refractivity contribution in [3.8, 4) is 0 Å². The molecule has 0 unspecified atom stereocenters. The predicted octanol–water partition coefficient (Wildman–Crippen LogP) is 1.56. The van der Waals surface area contributed by atoms with Crippen molar-refractivity contribution in [1.29, 1.82) is 0 Å². The van der Waals surface area contributed by atoms with E-state index < -0.39 is 0 Å². The van der Waals surface area contributed by atoms with E-state index >= 15 is 0 Å². The summed E-state index contributed by atoms with van der Waals surface area (Å²) in [4.78, 5) is 23.6. The number of nitrogens with zero attached hydrogens (tertiary/aromatic N) is 5. The fraction of sp³-hybridized carbons (Fsp3) is 0.529. The van der Waals surface area contributed by atoms with Gasteiger partial charge in [0, 0.05) is 50.4 Å². The van der Waals surface area contributed by atoms with E-state index in [2.05, 4.69) is 20.3 Å². The summed E-state index contributed by atoms with van der Waals surface area (Å²) in [7, 11) is 3.93. The van der Waals surface area contributed by atoms with Crippen molar-refractivity contribution in [1.82, 2.24) is 25.1 Å². The molecule has 0 aliphatic carbocycles. The number of carbonyl (C=O) groups excluding carboxylic acids is 1. The highest BCUT2D eigenvalue weighted by molar-refractivity contribution is 5.96. The van der Waals surface area contributed by atoms with Crippen molar-refractivity contribution in [2.24, 2.45) is 7.05 Å². The molecular formula is C17H24N6O. The SMILES string of the molecule is Cc1nn(C)cc1CN(C)c1nc(C(C)C)nc2c1CCNC2=O. The summed E-state index contributed by atoms with van der Waals surface area (Å²) in [6.07, 6.45) is 2.78. The number of hydrogen-bond acceptors (Lipinski definition) is 5. The molecular weight excluding hydrogens is 304 g/mol. The third-order valence-electron chi connectivity index (χ3n) is 4.28. The number of fused-ring (bicyclic) bond motifs is 1. The molecule has 0 saturated carbocycles. The van der Waals surface area contributed by atoms with Gasteiger partial charge in [0.2, 0.25) is 0 Å². The van der Waals surface area contributed by atoms with E-state index in [1.807, 2.05) is 45.7 Å². The van der Waals surface area contributed by atoms with E-state index in [0.717, 1.165) is 29.1 Å². The molecule has 0 atom stereocenters. The van der Waals surface area contributed by atoms with Crippen molar-refractivity contribution in [2.75, 3.05) is 18.5 Å². The standard InChI is InChI=1S/C17H24N6O/c1-10(2)15-19-14-13(6-7-18-17(14)24)16(20-15)22(4)8-12-9-23(5)21-11(12)3/h9-10H,6-8H2,1-5H3,(H,18,24). The molecule has 0 bridgehead atoms. The Kier molecular flexibility index (Phi) is 4.26. The van der Waals surface area contributed by atoms with E-state index in [0.29, 0.717) is 24.6 Å². The van der Waals surface area contributed by atoms with Crippen molar-refractivity contribution < 1.29 is 4.79 Å². The highest BCUT2D eigenvalue weighted by Gasteiger charge is 2.26. The fourth-order valence-corrected chi connectivity index (χ4v) is 3.00. The third kappa shape index (κ3) is 2.98. The molecule has 1 amide bonds. The van der Waals surface area contributed by atoms with Crippen LogP contribution in [0.25, 0.3) is 0 Å². The van der Waals surface area contributed by atoms with E-state index in [1.54, 1.807) is 0 Å². The van der Waals surface area contributed by atoms with Crippen molar-refractivity contribution >= 4 is 11.7 Å². The van der Waals surface area contributed by atoms with Gasteiger partial charge < -0.3 is 10.2 Å². The first-order valence-corrected chi connectivity index (χ1v) is 8.26. The second-order valence-corrected chi connectivity index (χ2v) is 6.66. The molecule has 3 rings (SSSR count). The maximum Gasteiger partial charge on any atom is 0.270 e. The minimum atomic E-state index is -0.104. The Hall–Kier alpha value is -2.44. The second kappa shape index (κ2) is 6.22. The Morgan fingerprint density at radius 3 is 2.75 bits per heavy atom. The lowest BCUT2D eigenvalue weighted by molar-refractivity contribution is 0.0940. The molecule has 24 heavy (non-hydrogen) atoms. The molecule has 0 fully saturated rings. The summed E-state index contributed by atoms with van der Waals surface area (Å²) in [5.41, 5.74) is 3.62. The van der Waals surface area contributed by atoms with Crippen LogP contribution in [0.15, 0.2) is 6.20 Å². The normalized spacial score (nSPS) is 13.8. The molecule has 1 N–H and O–H groups in total. The number of nitrogens with one attached hydrogen (secondary N) is 1. The highest BCUT2D eigenvalue weighted by atomic mass is 16.1. The van der Waals surface area contributed by atoms with Gasteiger partial charge in [-0.3, -0.25) is 9.48 Å². The second-order valence-electron chi connectivity index (χ2n) is 6.66. The van der Waals surface area contributed by atoms with E-state index in [1.165, 1.54) is 0 Å². The Morgan fingerprint density at radius 1 is 1.38 bits per heavy atom. The number of amides is 1. The van der Waals surface area contributed by atoms with Crippen LogP contribution in [-0.4, -0.2) is 39.2 Å². The Morgan fingerprint density at radius 2 is 2.12 bits per heavy atom. The lowest BCUT2D eigenvalue weighted by atomic mass is 10.0. The molecule has 1 aliphatic rings. The van der Waals surface area contributed by atoms with Crippen LogP contribution in [0.4, 0.5) is 5.82 Å². The summed E-state index contributed by atoms with van der Waals surface area (Å²) in [5.74, 6) is 1.61. The molecule has 7 nitrogen and oxygen atoms in total. The summed E-state index contributed by atoms with van der Waals surface area (Å²) in [6.45, 7) is 7.41. The minimum absolute atomic E-state index is 0.104. The van der Waals surface area contributed by atoms with Crippen molar-refractivity contribution in [3.05, 3.63) is 34.5 Å². The molecule has 3 heterocycles. The first-order valence-electron chi connectivity index (χ1n) is 8.26. The van der Waals surface area contributed by atoms with Gasteiger partial charge in [-0.05, 0) is 13.3 Å². The van der Waals surface area contributed by atoms with Crippen LogP contribution >= 0.6 is 0 Å². The van der Waals surface area contributed by atoms with Crippen LogP contribution in [0.2, 0.25) is 0 Å². The van der Waals surface area contributed by atoms with Gasteiger partial charge in [-0.25, -0.2) is 9.97 Å². The largest absolute Gasteiger partial charge is 0.355 e. The first-order chi connectivity index (χ1) is 11.4. The quantitative estimate of drug-likeness (QED) is 0.922. The van der Waals surface area contributed by atoms with Crippen LogP contribution in [0.5, 0.6) is 0 Å². The summed E-state index contributed by atoms with van der Waals surface area (Å²) >= 11 is 0. The van der Waals surface area contributed by atoms with Gasteiger partial charge in [0.05, 0.1) is 5.69 Å². The highest BCUT2D eigenvalue weighted by Crippen LogP contribution is 2.26. The summed E-state index contributed by atoms with van der Waals surface area (Å²) < 4.78 is 1.82. The molecule has 128 valence electrons. The van der Waals surface area contributed by atoms with Crippen LogP contribution in [0.3, 0.4) is 0 Å².